The van der Waals surface area contributed by atoms with Crippen LogP contribution in [0.5, 0.6) is 0 Å². The van der Waals surface area contributed by atoms with Crippen LogP contribution in [0.25, 0.3) is 10.9 Å². The summed E-state index contributed by atoms with van der Waals surface area (Å²) in [4.78, 5) is 26.1. The van der Waals surface area contributed by atoms with Crippen molar-refractivity contribution < 1.29 is 19.8 Å². The first-order chi connectivity index (χ1) is 13.4. The molecule has 1 unspecified atom stereocenters. The molecule has 4 rings (SSSR count). The number of para-hydroxylation sites is 2. The van der Waals surface area contributed by atoms with E-state index in [1.165, 1.54) is 12.3 Å². The van der Waals surface area contributed by atoms with E-state index in [1.807, 2.05) is 44.2 Å². The molecule has 3 N–H and O–H groups in total. The quantitative estimate of drug-likeness (QED) is 0.617. The van der Waals surface area contributed by atoms with Crippen LogP contribution in [-0.2, 0) is 4.79 Å². The number of rotatable bonds is 2. The molecule has 0 aliphatic carbocycles. The van der Waals surface area contributed by atoms with Crippen LogP contribution in [-0.4, -0.2) is 33.7 Å². The Morgan fingerprint density at radius 2 is 1.75 bits per heavy atom. The number of aliphatic carboxylic acids is 1. The molecule has 0 saturated carbocycles. The summed E-state index contributed by atoms with van der Waals surface area (Å²) in [6.45, 7) is 4.66. The highest BCUT2D eigenvalue weighted by atomic mass is 16.4. The van der Waals surface area contributed by atoms with Crippen molar-refractivity contribution in [2.24, 2.45) is 0 Å². The topological polar surface area (TPSA) is 99.5 Å². The van der Waals surface area contributed by atoms with E-state index in [4.69, 9.17) is 10.2 Å². The molecule has 0 spiro atoms. The van der Waals surface area contributed by atoms with E-state index < -0.39 is 11.9 Å². The zero-order chi connectivity index (χ0) is 20.3. The molecule has 2 aromatic carbocycles. The number of anilines is 1. The maximum Gasteiger partial charge on any atom is 0.336 e. The molecule has 0 saturated heterocycles. The molecule has 1 aliphatic heterocycles. The Bertz CT molecular complexity index is 1050. The fraction of sp³-hybridized carbons (Fsp3) is 0.227. The maximum absolute atomic E-state index is 11.0. The number of carboxylic acid groups (broad SMARTS) is 2. The van der Waals surface area contributed by atoms with Crippen molar-refractivity contribution in [1.82, 2.24) is 4.98 Å². The number of carbonyl (C=O) groups is 2. The third-order valence-corrected chi connectivity index (χ3v) is 4.92. The molecule has 3 aromatic rings. The molecule has 1 aromatic heterocycles. The molecule has 1 aliphatic rings. The SMILES string of the molecule is Cc1cccc2c(C(=O)O)ccnc12.Cc1cccc2c1NCCC2C(=O)O. The first-order valence-electron chi connectivity index (χ1n) is 9.04. The lowest BCUT2D eigenvalue weighted by atomic mass is 9.89. The minimum Gasteiger partial charge on any atom is -0.481 e. The summed E-state index contributed by atoms with van der Waals surface area (Å²) in [7, 11) is 0. The largest absolute Gasteiger partial charge is 0.481 e. The third kappa shape index (κ3) is 3.81. The molecular weight excluding hydrogens is 356 g/mol. The normalized spacial score (nSPS) is 15.0. The highest BCUT2D eigenvalue weighted by Crippen LogP contribution is 2.33. The van der Waals surface area contributed by atoms with Crippen molar-refractivity contribution in [1.29, 1.82) is 0 Å². The van der Waals surface area contributed by atoms with Gasteiger partial charge in [0.15, 0.2) is 0 Å². The van der Waals surface area contributed by atoms with Gasteiger partial charge in [-0.05, 0) is 43.0 Å². The van der Waals surface area contributed by atoms with E-state index in [9.17, 15) is 9.59 Å². The average Bonchev–Trinajstić information content (AvgIpc) is 2.68. The third-order valence-electron chi connectivity index (χ3n) is 4.92. The molecule has 1 atom stereocenters. The predicted octanol–water partition coefficient (Wildman–Crippen LogP) is 4.22. The van der Waals surface area contributed by atoms with Crippen LogP contribution < -0.4 is 5.32 Å². The number of aromatic nitrogens is 1. The van der Waals surface area contributed by atoms with Crippen molar-refractivity contribution in [2.75, 3.05) is 11.9 Å². The summed E-state index contributed by atoms with van der Waals surface area (Å²) < 4.78 is 0. The van der Waals surface area contributed by atoms with Gasteiger partial charge in [-0.3, -0.25) is 9.78 Å². The van der Waals surface area contributed by atoms with E-state index in [1.54, 1.807) is 6.07 Å². The van der Waals surface area contributed by atoms with E-state index in [-0.39, 0.29) is 5.92 Å². The highest BCUT2D eigenvalue weighted by Gasteiger charge is 2.26. The van der Waals surface area contributed by atoms with Gasteiger partial charge in [0.2, 0.25) is 0 Å². The van der Waals surface area contributed by atoms with Gasteiger partial charge in [-0.1, -0.05) is 36.4 Å². The van der Waals surface area contributed by atoms with Crippen molar-refractivity contribution >= 4 is 28.5 Å². The number of carboxylic acids is 2. The van der Waals surface area contributed by atoms with Crippen LogP contribution in [0.3, 0.4) is 0 Å². The zero-order valence-corrected chi connectivity index (χ0v) is 15.8. The second-order valence-electron chi connectivity index (χ2n) is 6.78. The van der Waals surface area contributed by atoms with Crippen LogP contribution in [0, 0.1) is 13.8 Å². The first-order valence-corrected chi connectivity index (χ1v) is 9.04. The summed E-state index contributed by atoms with van der Waals surface area (Å²) in [6, 6.07) is 12.9. The first kappa shape index (κ1) is 19.4. The Morgan fingerprint density at radius 3 is 2.46 bits per heavy atom. The number of benzene rings is 2. The average molecular weight is 378 g/mol. The summed E-state index contributed by atoms with van der Waals surface area (Å²) in [5.74, 6) is -1.98. The van der Waals surface area contributed by atoms with Crippen molar-refractivity contribution in [3.05, 3.63) is 70.9 Å². The molecule has 0 bridgehead atoms. The van der Waals surface area contributed by atoms with Crippen LogP contribution in [0.15, 0.2) is 48.7 Å². The summed E-state index contributed by atoms with van der Waals surface area (Å²) in [5, 5.41) is 21.9. The van der Waals surface area contributed by atoms with Gasteiger partial charge >= 0.3 is 11.9 Å². The van der Waals surface area contributed by atoms with E-state index >= 15 is 0 Å². The number of nitrogens with zero attached hydrogens (tertiary/aromatic N) is 1. The van der Waals surface area contributed by atoms with Gasteiger partial charge in [-0.25, -0.2) is 4.79 Å². The molecule has 2 heterocycles. The van der Waals surface area contributed by atoms with Gasteiger partial charge in [-0.2, -0.15) is 0 Å². The second kappa shape index (κ2) is 8.08. The lowest BCUT2D eigenvalue weighted by Gasteiger charge is -2.25. The fourth-order valence-corrected chi connectivity index (χ4v) is 3.49. The molecule has 144 valence electrons. The van der Waals surface area contributed by atoms with Gasteiger partial charge < -0.3 is 15.5 Å². The summed E-state index contributed by atoms with van der Waals surface area (Å²) in [5.41, 5.74) is 5.10. The van der Waals surface area contributed by atoms with Crippen LogP contribution in [0.4, 0.5) is 5.69 Å². The van der Waals surface area contributed by atoms with Crippen molar-refractivity contribution in [3.8, 4) is 0 Å². The van der Waals surface area contributed by atoms with Crippen molar-refractivity contribution in [3.63, 3.8) is 0 Å². The number of hydrogen-bond acceptors (Lipinski definition) is 4. The minimum atomic E-state index is -0.914. The van der Waals surface area contributed by atoms with Crippen molar-refractivity contribution in [2.45, 2.75) is 26.2 Å². The van der Waals surface area contributed by atoms with E-state index in [0.717, 1.165) is 34.4 Å². The van der Waals surface area contributed by atoms with E-state index in [2.05, 4.69) is 10.3 Å². The summed E-state index contributed by atoms with van der Waals surface area (Å²) >= 11 is 0. The Morgan fingerprint density at radius 1 is 1.04 bits per heavy atom. The van der Waals surface area contributed by atoms with Gasteiger partial charge in [0.1, 0.15) is 0 Å². The Kier molecular flexibility index (Phi) is 5.59. The summed E-state index contributed by atoms with van der Waals surface area (Å²) in [6.07, 6.45) is 2.20. The Labute approximate surface area is 162 Å². The highest BCUT2D eigenvalue weighted by molar-refractivity contribution is 6.02. The van der Waals surface area contributed by atoms with Crippen LogP contribution in [0.2, 0.25) is 0 Å². The standard InChI is InChI=1S/C11H13NO2.C11H9NO2/c2*1-7-3-2-4-8-9(11(13)14)5-6-12-10(7)8/h2-4,9,12H,5-6H2,1H3,(H,13,14);2-6H,1H3,(H,13,14). The Hall–Kier alpha value is -3.41. The number of fused-ring (bicyclic) bond motifs is 2. The number of aryl methyl sites for hydroxylation is 2. The Balaban J connectivity index is 0.000000161. The van der Waals surface area contributed by atoms with E-state index in [0.29, 0.717) is 17.4 Å². The van der Waals surface area contributed by atoms with Gasteiger partial charge in [-0.15, -0.1) is 0 Å². The number of nitrogens with one attached hydrogen (secondary N) is 1. The minimum absolute atomic E-state index is 0.304. The van der Waals surface area contributed by atoms with Crippen LogP contribution >= 0.6 is 0 Å². The number of hydrogen-bond donors (Lipinski definition) is 3. The molecular formula is C22H22N2O4. The predicted molar refractivity (Wildman–Crippen MR) is 108 cm³/mol. The van der Waals surface area contributed by atoms with Gasteiger partial charge in [0.05, 0.1) is 17.0 Å². The van der Waals surface area contributed by atoms with Crippen LogP contribution in [0.1, 0.15) is 39.4 Å². The maximum atomic E-state index is 11.0. The molecule has 28 heavy (non-hydrogen) atoms. The molecule has 6 heteroatoms. The number of aromatic carboxylic acids is 1. The zero-order valence-electron chi connectivity index (χ0n) is 15.8. The molecule has 6 nitrogen and oxygen atoms in total. The van der Waals surface area contributed by atoms with Gasteiger partial charge in [0.25, 0.3) is 0 Å². The molecule has 0 amide bonds. The smallest absolute Gasteiger partial charge is 0.336 e. The lowest BCUT2D eigenvalue weighted by Crippen LogP contribution is -2.23. The fourth-order valence-electron chi connectivity index (χ4n) is 3.49. The monoisotopic (exact) mass is 378 g/mol. The second-order valence-corrected chi connectivity index (χ2v) is 6.78. The molecule has 0 radical (unpaired) electrons. The lowest BCUT2D eigenvalue weighted by molar-refractivity contribution is -0.138. The number of pyridine rings is 1. The van der Waals surface area contributed by atoms with Gasteiger partial charge in [0, 0.05) is 23.8 Å². The molecule has 0 fully saturated rings.